The van der Waals surface area contributed by atoms with E-state index in [0.717, 1.165) is 17.3 Å². The van der Waals surface area contributed by atoms with Gasteiger partial charge in [0, 0.05) is 34.4 Å². The molecule has 1 aliphatic rings. The molecule has 3 amide bonds. The summed E-state index contributed by atoms with van der Waals surface area (Å²) >= 11 is 3.35. The van der Waals surface area contributed by atoms with Gasteiger partial charge in [0.1, 0.15) is 6.04 Å². The van der Waals surface area contributed by atoms with Gasteiger partial charge >= 0.3 is 0 Å². The van der Waals surface area contributed by atoms with Crippen molar-refractivity contribution in [1.29, 1.82) is 0 Å². The first-order valence-corrected chi connectivity index (χ1v) is 10.5. The molecular formula is C22H24BrN3O3. The molecule has 29 heavy (non-hydrogen) atoms. The van der Waals surface area contributed by atoms with E-state index >= 15 is 0 Å². The van der Waals surface area contributed by atoms with Crippen molar-refractivity contribution in [2.24, 2.45) is 0 Å². The van der Waals surface area contributed by atoms with E-state index in [4.69, 9.17) is 0 Å². The van der Waals surface area contributed by atoms with Crippen molar-refractivity contribution < 1.29 is 14.4 Å². The first-order valence-electron chi connectivity index (χ1n) is 9.75. The highest BCUT2D eigenvalue weighted by molar-refractivity contribution is 9.10. The van der Waals surface area contributed by atoms with E-state index in [2.05, 4.69) is 26.6 Å². The average molecular weight is 458 g/mol. The topological polar surface area (TPSA) is 78.5 Å². The van der Waals surface area contributed by atoms with Crippen LogP contribution in [0.2, 0.25) is 0 Å². The van der Waals surface area contributed by atoms with Gasteiger partial charge in [-0.25, -0.2) is 0 Å². The summed E-state index contributed by atoms with van der Waals surface area (Å²) in [5, 5.41) is 5.70. The van der Waals surface area contributed by atoms with E-state index in [1.54, 1.807) is 53.4 Å². The van der Waals surface area contributed by atoms with Gasteiger partial charge in [0.25, 0.3) is 11.8 Å². The number of likely N-dealkylation sites (tertiary alicyclic amines) is 1. The van der Waals surface area contributed by atoms with Crippen LogP contribution in [0.3, 0.4) is 0 Å². The first-order chi connectivity index (χ1) is 14.0. The molecule has 7 heteroatoms. The third-order valence-electron chi connectivity index (χ3n) is 4.84. The van der Waals surface area contributed by atoms with Crippen LogP contribution in [0.4, 0.5) is 5.69 Å². The van der Waals surface area contributed by atoms with Gasteiger partial charge in [-0.2, -0.15) is 0 Å². The number of amides is 3. The highest BCUT2D eigenvalue weighted by Gasteiger charge is 2.34. The number of halogens is 1. The van der Waals surface area contributed by atoms with Crippen LogP contribution in [-0.2, 0) is 4.79 Å². The van der Waals surface area contributed by atoms with E-state index in [1.807, 2.05) is 6.92 Å². The molecule has 0 radical (unpaired) electrons. The zero-order valence-electron chi connectivity index (χ0n) is 16.3. The molecule has 3 rings (SSSR count). The van der Waals surface area contributed by atoms with Crippen molar-refractivity contribution >= 4 is 39.3 Å². The van der Waals surface area contributed by atoms with Crippen LogP contribution in [0.5, 0.6) is 0 Å². The number of nitrogens with one attached hydrogen (secondary N) is 2. The molecule has 2 N–H and O–H groups in total. The minimum atomic E-state index is -0.435. The molecule has 0 bridgehead atoms. The molecule has 0 spiro atoms. The summed E-state index contributed by atoms with van der Waals surface area (Å²) in [6.07, 6.45) is 2.32. The summed E-state index contributed by atoms with van der Waals surface area (Å²) in [5.74, 6) is -0.545. The Hall–Kier alpha value is -2.67. The zero-order chi connectivity index (χ0) is 20.8. The van der Waals surface area contributed by atoms with Crippen LogP contribution < -0.4 is 10.6 Å². The second-order valence-electron chi connectivity index (χ2n) is 6.99. The summed E-state index contributed by atoms with van der Waals surface area (Å²) in [4.78, 5) is 39.4. The Morgan fingerprint density at radius 3 is 2.59 bits per heavy atom. The van der Waals surface area contributed by atoms with E-state index in [0.29, 0.717) is 36.3 Å². The molecule has 1 aliphatic heterocycles. The lowest BCUT2D eigenvalue weighted by Gasteiger charge is -2.24. The van der Waals surface area contributed by atoms with Gasteiger partial charge in [-0.3, -0.25) is 14.4 Å². The number of carbonyl (C=O) groups is 3. The third-order valence-corrected chi connectivity index (χ3v) is 5.37. The van der Waals surface area contributed by atoms with E-state index in [-0.39, 0.29) is 17.7 Å². The molecule has 0 aliphatic carbocycles. The van der Waals surface area contributed by atoms with Crippen molar-refractivity contribution in [3.8, 4) is 0 Å². The van der Waals surface area contributed by atoms with Crippen LogP contribution in [0.15, 0.2) is 53.0 Å². The number of carbonyl (C=O) groups excluding carboxylic acids is 3. The average Bonchev–Trinajstić information content (AvgIpc) is 3.22. The largest absolute Gasteiger partial charge is 0.354 e. The summed E-state index contributed by atoms with van der Waals surface area (Å²) < 4.78 is 0.893. The number of hydrogen-bond acceptors (Lipinski definition) is 3. The van der Waals surface area contributed by atoms with Gasteiger partial charge in [0.2, 0.25) is 5.91 Å². The van der Waals surface area contributed by atoms with Crippen molar-refractivity contribution in [3.05, 3.63) is 64.1 Å². The maximum absolute atomic E-state index is 13.0. The quantitative estimate of drug-likeness (QED) is 0.691. The number of anilines is 1. The maximum atomic E-state index is 13.0. The highest BCUT2D eigenvalue weighted by Crippen LogP contribution is 2.22. The molecule has 1 fully saturated rings. The molecule has 2 aromatic rings. The van der Waals surface area contributed by atoms with Gasteiger partial charge in [-0.15, -0.1) is 0 Å². The minimum Gasteiger partial charge on any atom is -0.354 e. The fraction of sp³-hybridized carbons (Fsp3) is 0.318. The van der Waals surface area contributed by atoms with E-state index in [1.165, 1.54) is 0 Å². The minimum absolute atomic E-state index is 0.0996. The van der Waals surface area contributed by atoms with Crippen LogP contribution in [-0.4, -0.2) is 41.8 Å². The normalized spacial score (nSPS) is 15.8. The zero-order valence-corrected chi connectivity index (χ0v) is 17.9. The van der Waals surface area contributed by atoms with Gasteiger partial charge < -0.3 is 15.5 Å². The summed E-state index contributed by atoms with van der Waals surface area (Å²) in [6, 6.07) is 13.4. The molecular weight excluding hydrogens is 434 g/mol. The number of rotatable bonds is 6. The Labute approximate surface area is 178 Å². The smallest absolute Gasteiger partial charge is 0.255 e. The number of benzene rings is 2. The molecule has 2 aromatic carbocycles. The predicted octanol–water partition coefficient (Wildman–Crippen LogP) is 3.83. The Morgan fingerprint density at radius 1 is 1.10 bits per heavy atom. The second-order valence-corrected chi connectivity index (χ2v) is 7.91. The van der Waals surface area contributed by atoms with Crippen molar-refractivity contribution in [1.82, 2.24) is 10.2 Å². The number of nitrogens with zero attached hydrogens (tertiary/aromatic N) is 1. The maximum Gasteiger partial charge on any atom is 0.255 e. The van der Waals surface area contributed by atoms with Crippen LogP contribution in [0.25, 0.3) is 0 Å². The van der Waals surface area contributed by atoms with Crippen LogP contribution in [0.1, 0.15) is 46.9 Å². The predicted molar refractivity (Wildman–Crippen MR) is 116 cm³/mol. The molecule has 1 saturated heterocycles. The SMILES string of the molecule is CCCNC(=O)C1CCCN1C(=O)c1cccc(NC(=O)c2ccc(Br)cc2)c1. The summed E-state index contributed by atoms with van der Waals surface area (Å²) in [6.45, 7) is 3.15. The van der Waals surface area contributed by atoms with Crippen molar-refractivity contribution in [2.75, 3.05) is 18.4 Å². The molecule has 0 saturated carbocycles. The van der Waals surface area contributed by atoms with Crippen LogP contribution >= 0.6 is 15.9 Å². The van der Waals surface area contributed by atoms with Gasteiger partial charge in [-0.05, 0) is 61.7 Å². The monoisotopic (exact) mass is 457 g/mol. The molecule has 0 aromatic heterocycles. The van der Waals surface area contributed by atoms with Crippen molar-refractivity contribution in [3.63, 3.8) is 0 Å². The lowest BCUT2D eigenvalue weighted by molar-refractivity contribution is -0.124. The first kappa shape index (κ1) is 21.0. The number of hydrogen-bond donors (Lipinski definition) is 2. The molecule has 1 unspecified atom stereocenters. The van der Waals surface area contributed by atoms with Gasteiger partial charge in [0.15, 0.2) is 0 Å². The second kappa shape index (κ2) is 9.69. The highest BCUT2D eigenvalue weighted by atomic mass is 79.9. The Balaban J connectivity index is 1.71. The van der Waals surface area contributed by atoms with Gasteiger partial charge in [-0.1, -0.05) is 28.9 Å². The lowest BCUT2D eigenvalue weighted by atomic mass is 10.1. The molecule has 152 valence electrons. The standard InChI is InChI=1S/C22H24BrN3O3/c1-2-12-24-21(28)19-7-4-13-26(19)22(29)16-5-3-6-18(14-16)25-20(27)15-8-10-17(23)11-9-15/h3,5-6,8-11,14,19H,2,4,7,12-13H2,1H3,(H,24,28)(H,25,27). The lowest BCUT2D eigenvalue weighted by Crippen LogP contribution is -2.46. The Morgan fingerprint density at radius 2 is 1.86 bits per heavy atom. The fourth-order valence-electron chi connectivity index (χ4n) is 3.35. The van der Waals surface area contributed by atoms with Crippen molar-refractivity contribution in [2.45, 2.75) is 32.2 Å². The van der Waals surface area contributed by atoms with Crippen LogP contribution in [0, 0.1) is 0 Å². The Bertz CT molecular complexity index is 898. The molecule has 1 atom stereocenters. The van der Waals surface area contributed by atoms with E-state index < -0.39 is 6.04 Å². The Kier molecular flexibility index (Phi) is 7.04. The molecule has 1 heterocycles. The van der Waals surface area contributed by atoms with Gasteiger partial charge in [0.05, 0.1) is 0 Å². The summed E-state index contributed by atoms with van der Waals surface area (Å²) in [7, 11) is 0. The summed E-state index contributed by atoms with van der Waals surface area (Å²) in [5.41, 5.74) is 1.51. The van der Waals surface area contributed by atoms with E-state index in [9.17, 15) is 14.4 Å². The molecule has 6 nitrogen and oxygen atoms in total. The fourth-order valence-corrected chi connectivity index (χ4v) is 3.61. The third kappa shape index (κ3) is 5.23.